The molecule has 0 bridgehead atoms. The van der Waals surface area contributed by atoms with Gasteiger partial charge in [0.15, 0.2) is 5.58 Å². The maximum atomic E-state index is 12.0. The molecule has 0 N–H and O–H groups in total. The number of aryl methyl sites for hydroxylation is 1. The molecule has 4 rings (SSSR count). The Labute approximate surface area is 150 Å². The van der Waals surface area contributed by atoms with Gasteiger partial charge in [0.1, 0.15) is 5.52 Å². The van der Waals surface area contributed by atoms with Gasteiger partial charge in [-0.1, -0.05) is 18.2 Å². The summed E-state index contributed by atoms with van der Waals surface area (Å²) in [5, 5.41) is 4.40. The van der Waals surface area contributed by atoms with E-state index >= 15 is 0 Å². The summed E-state index contributed by atoms with van der Waals surface area (Å²) in [5.74, 6) is 0.164. The Kier molecular flexibility index (Phi) is 4.01. The second-order valence-electron chi connectivity index (χ2n) is 5.88. The molecule has 2 aromatic heterocycles. The zero-order chi connectivity index (χ0) is 18.1. The van der Waals surface area contributed by atoms with Crippen molar-refractivity contribution >= 4 is 17.1 Å². The molecule has 0 saturated carbocycles. The van der Waals surface area contributed by atoms with Gasteiger partial charge in [-0.2, -0.15) is 5.10 Å². The maximum absolute atomic E-state index is 12.0. The van der Waals surface area contributed by atoms with Gasteiger partial charge in [0, 0.05) is 6.20 Å². The zero-order valence-corrected chi connectivity index (χ0v) is 14.5. The summed E-state index contributed by atoms with van der Waals surface area (Å²) < 4.78 is 12.6. The standard InChI is InChI=1S/C20H17N3O3/c1-3-25-20(24)14-9-8-13(2)17(10-14)23-12-15(11-21-23)19-22-16-6-4-5-7-18(16)26-19/h4-12H,3H2,1-2H3. The van der Waals surface area contributed by atoms with Crippen LogP contribution in [0.3, 0.4) is 0 Å². The number of fused-ring (bicyclic) bond motifs is 1. The van der Waals surface area contributed by atoms with Crippen molar-refractivity contribution in [2.75, 3.05) is 6.61 Å². The lowest BCUT2D eigenvalue weighted by atomic mass is 10.1. The molecule has 0 aliphatic rings. The molecule has 6 nitrogen and oxygen atoms in total. The van der Waals surface area contributed by atoms with Crippen LogP contribution in [0.15, 0.2) is 59.3 Å². The Hall–Kier alpha value is -3.41. The summed E-state index contributed by atoms with van der Waals surface area (Å²) in [4.78, 5) is 16.5. The predicted molar refractivity (Wildman–Crippen MR) is 97.3 cm³/mol. The fraction of sp³-hybridized carbons (Fsp3) is 0.150. The number of hydrogen-bond donors (Lipinski definition) is 0. The molecule has 0 aliphatic heterocycles. The van der Waals surface area contributed by atoms with Crippen molar-refractivity contribution in [2.24, 2.45) is 0 Å². The predicted octanol–water partition coefficient (Wildman–Crippen LogP) is 4.17. The first kappa shape index (κ1) is 16.1. The van der Waals surface area contributed by atoms with Gasteiger partial charge in [0.05, 0.1) is 29.6 Å². The van der Waals surface area contributed by atoms with Crippen molar-refractivity contribution in [3.8, 4) is 17.1 Å². The van der Waals surface area contributed by atoms with Crippen LogP contribution in [-0.2, 0) is 4.74 Å². The second kappa shape index (κ2) is 6.48. The maximum Gasteiger partial charge on any atom is 0.338 e. The van der Waals surface area contributed by atoms with E-state index in [1.165, 1.54) is 0 Å². The van der Waals surface area contributed by atoms with Gasteiger partial charge in [-0.25, -0.2) is 14.5 Å². The molecular weight excluding hydrogens is 330 g/mol. The first-order chi connectivity index (χ1) is 12.7. The normalized spacial score (nSPS) is 11.0. The number of hydrogen-bond acceptors (Lipinski definition) is 5. The molecule has 0 unspecified atom stereocenters. The van der Waals surface area contributed by atoms with E-state index in [4.69, 9.17) is 9.15 Å². The van der Waals surface area contributed by atoms with Crippen molar-refractivity contribution in [2.45, 2.75) is 13.8 Å². The number of carbonyl (C=O) groups is 1. The molecule has 0 atom stereocenters. The van der Waals surface area contributed by atoms with Crippen LogP contribution >= 0.6 is 0 Å². The molecule has 0 amide bonds. The van der Waals surface area contributed by atoms with Crippen LogP contribution in [0.4, 0.5) is 0 Å². The lowest BCUT2D eigenvalue weighted by Crippen LogP contribution is -2.07. The van der Waals surface area contributed by atoms with Crippen LogP contribution in [-0.4, -0.2) is 27.3 Å². The molecule has 26 heavy (non-hydrogen) atoms. The summed E-state index contributed by atoms with van der Waals surface area (Å²) in [5.41, 5.74) is 4.59. The first-order valence-electron chi connectivity index (χ1n) is 8.34. The minimum Gasteiger partial charge on any atom is -0.462 e. The summed E-state index contributed by atoms with van der Waals surface area (Å²) in [6.45, 7) is 4.09. The number of para-hydroxylation sites is 2. The van der Waals surface area contributed by atoms with Crippen molar-refractivity contribution in [3.05, 3.63) is 66.0 Å². The van der Waals surface area contributed by atoms with Crippen molar-refractivity contribution in [1.29, 1.82) is 0 Å². The average Bonchev–Trinajstić information content (AvgIpc) is 3.29. The van der Waals surface area contributed by atoms with Crippen LogP contribution in [0.25, 0.3) is 28.2 Å². The van der Waals surface area contributed by atoms with E-state index in [-0.39, 0.29) is 5.97 Å². The molecule has 6 heteroatoms. The van der Waals surface area contributed by atoms with E-state index < -0.39 is 0 Å². The Morgan fingerprint density at radius 1 is 1.23 bits per heavy atom. The molecule has 2 aromatic carbocycles. The topological polar surface area (TPSA) is 70.2 Å². The van der Waals surface area contributed by atoms with E-state index in [1.54, 1.807) is 29.9 Å². The van der Waals surface area contributed by atoms with E-state index in [9.17, 15) is 4.79 Å². The smallest absolute Gasteiger partial charge is 0.338 e. The molecule has 4 aromatic rings. The third-order valence-electron chi connectivity index (χ3n) is 4.09. The molecule has 2 heterocycles. The highest BCUT2D eigenvalue weighted by Gasteiger charge is 2.14. The monoisotopic (exact) mass is 347 g/mol. The number of rotatable bonds is 4. The number of aromatic nitrogens is 3. The third kappa shape index (κ3) is 2.86. The van der Waals surface area contributed by atoms with Crippen LogP contribution in [0.2, 0.25) is 0 Å². The van der Waals surface area contributed by atoms with Crippen LogP contribution in [0.5, 0.6) is 0 Å². The SMILES string of the molecule is CCOC(=O)c1ccc(C)c(-n2cc(-c3nc4ccccc4o3)cn2)c1. The molecule has 0 aliphatic carbocycles. The summed E-state index contributed by atoms with van der Waals surface area (Å²) >= 11 is 0. The number of esters is 1. The molecule has 130 valence electrons. The van der Waals surface area contributed by atoms with Crippen molar-refractivity contribution < 1.29 is 13.9 Å². The van der Waals surface area contributed by atoms with E-state index in [2.05, 4.69) is 10.1 Å². The first-order valence-corrected chi connectivity index (χ1v) is 8.34. The van der Waals surface area contributed by atoms with Gasteiger partial charge >= 0.3 is 5.97 Å². The molecular formula is C20H17N3O3. The highest BCUT2D eigenvalue weighted by molar-refractivity contribution is 5.90. The number of oxazole rings is 1. The van der Waals surface area contributed by atoms with Crippen LogP contribution < -0.4 is 0 Å². The van der Waals surface area contributed by atoms with Gasteiger partial charge in [-0.3, -0.25) is 0 Å². The molecule has 0 radical (unpaired) electrons. The fourth-order valence-electron chi connectivity index (χ4n) is 2.76. The Morgan fingerprint density at radius 3 is 2.88 bits per heavy atom. The highest BCUT2D eigenvalue weighted by Crippen LogP contribution is 2.25. The third-order valence-corrected chi connectivity index (χ3v) is 4.09. The summed E-state index contributed by atoms with van der Waals surface area (Å²) in [6.07, 6.45) is 3.53. The van der Waals surface area contributed by atoms with E-state index in [0.717, 1.165) is 27.9 Å². The lowest BCUT2D eigenvalue weighted by molar-refractivity contribution is 0.0526. The van der Waals surface area contributed by atoms with Gasteiger partial charge < -0.3 is 9.15 Å². The number of carbonyl (C=O) groups excluding carboxylic acids is 1. The number of nitrogens with zero attached hydrogens (tertiary/aromatic N) is 3. The quantitative estimate of drug-likeness (QED) is 0.518. The van der Waals surface area contributed by atoms with E-state index in [0.29, 0.717) is 18.1 Å². The molecule has 0 spiro atoms. The number of benzene rings is 2. The summed E-state index contributed by atoms with van der Waals surface area (Å²) in [6, 6.07) is 13.0. The largest absolute Gasteiger partial charge is 0.462 e. The van der Waals surface area contributed by atoms with Crippen molar-refractivity contribution in [3.63, 3.8) is 0 Å². The van der Waals surface area contributed by atoms with Crippen LogP contribution in [0.1, 0.15) is 22.8 Å². The Bertz CT molecular complexity index is 1060. The highest BCUT2D eigenvalue weighted by atomic mass is 16.5. The van der Waals surface area contributed by atoms with E-state index in [1.807, 2.05) is 43.5 Å². The fourth-order valence-corrected chi connectivity index (χ4v) is 2.76. The summed E-state index contributed by atoms with van der Waals surface area (Å²) in [7, 11) is 0. The van der Waals surface area contributed by atoms with Gasteiger partial charge in [-0.05, 0) is 43.7 Å². The van der Waals surface area contributed by atoms with Crippen LogP contribution in [0, 0.1) is 6.92 Å². The molecule has 0 fully saturated rings. The molecule has 0 saturated heterocycles. The van der Waals surface area contributed by atoms with Gasteiger partial charge in [0.2, 0.25) is 5.89 Å². The number of ether oxygens (including phenoxy) is 1. The van der Waals surface area contributed by atoms with Gasteiger partial charge in [-0.15, -0.1) is 0 Å². The minimum absolute atomic E-state index is 0.339. The second-order valence-corrected chi connectivity index (χ2v) is 5.88. The zero-order valence-electron chi connectivity index (χ0n) is 14.5. The Morgan fingerprint density at radius 2 is 2.08 bits per heavy atom. The Balaban J connectivity index is 1.71. The van der Waals surface area contributed by atoms with Gasteiger partial charge in [0.25, 0.3) is 0 Å². The minimum atomic E-state index is -0.347. The average molecular weight is 347 g/mol. The van der Waals surface area contributed by atoms with Crippen molar-refractivity contribution in [1.82, 2.24) is 14.8 Å². The lowest BCUT2D eigenvalue weighted by Gasteiger charge is -2.08.